The maximum absolute atomic E-state index is 5.43. The second kappa shape index (κ2) is 2.86. The van der Waals surface area contributed by atoms with Gasteiger partial charge in [0.15, 0.2) is 0 Å². The topological polar surface area (TPSA) is 38.5 Å². The van der Waals surface area contributed by atoms with Crippen molar-refractivity contribution < 1.29 is 4.74 Å². The lowest BCUT2D eigenvalue weighted by Gasteiger charge is -2.41. The Morgan fingerprint density at radius 3 is 2.60 bits per heavy atom. The predicted molar refractivity (Wildman–Crippen MR) is 40.7 cm³/mol. The van der Waals surface area contributed by atoms with Crippen LogP contribution in [0.1, 0.15) is 13.3 Å². The first kappa shape index (κ1) is 7.98. The summed E-state index contributed by atoms with van der Waals surface area (Å²) in [5.74, 6) is 0. The Bertz CT molecular complexity index is 112. The van der Waals surface area contributed by atoms with Gasteiger partial charge in [-0.05, 0) is 14.0 Å². The van der Waals surface area contributed by atoms with Crippen LogP contribution in [0.25, 0.3) is 0 Å². The number of nitrogens with zero attached hydrogens (tertiary/aromatic N) is 1. The van der Waals surface area contributed by atoms with Crippen LogP contribution in [0.3, 0.4) is 0 Å². The summed E-state index contributed by atoms with van der Waals surface area (Å²) in [5, 5.41) is 0. The molecule has 1 unspecified atom stereocenters. The standard InChI is InChI=1S/C7H16N2O/c1-7(3-4-10-7)5-9(2)6-8/h3-6,8H2,1-2H3. The Labute approximate surface area is 62.1 Å². The van der Waals surface area contributed by atoms with Crippen molar-refractivity contribution in [2.75, 3.05) is 26.9 Å². The first-order valence-corrected chi connectivity index (χ1v) is 3.69. The molecule has 1 fully saturated rings. The van der Waals surface area contributed by atoms with E-state index in [1.54, 1.807) is 0 Å². The van der Waals surface area contributed by atoms with Crippen LogP contribution >= 0.6 is 0 Å². The number of ether oxygens (including phenoxy) is 1. The van der Waals surface area contributed by atoms with Gasteiger partial charge in [0, 0.05) is 19.6 Å². The average Bonchev–Trinajstić information content (AvgIpc) is 1.84. The third-order valence-electron chi connectivity index (χ3n) is 2.00. The van der Waals surface area contributed by atoms with Crippen LogP contribution in [0.4, 0.5) is 0 Å². The molecular weight excluding hydrogens is 128 g/mol. The Kier molecular flexibility index (Phi) is 2.28. The number of nitrogens with two attached hydrogens (primary N) is 1. The van der Waals surface area contributed by atoms with E-state index < -0.39 is 0 Å². The lowest BCUT2D eigenvalue weighted by Crippen LogP contribution is -2.50. The molecule has 1 saturated heterocycles. The van der Waals surface area contributed by atoms with E-state index in [1.807, 2.05) is 7.05 Å². The van der Waals surface area contributed by atoms with E-state index in [-0.39, 0.29) is 5.60 Å². The maximum Gasteiger partial charge on any atom is 0.0803 e. The molecule has 0 aliphatic carbocycles. The molecule has 1 aliphatic heterocycles. The summed E-state index contributed by atoms with van der Waals surface area (Å²) in [6.07, 6.45) is 1.16. The van der Waals surface area contributed by atoms with Gasteiger partial charge in [0.2, 0.25) is 0 Å². The van der Waals surface area contributed by atoms with E-state index in [0.717, 1.165) is 19.6 Å². The van der Waals surface area contributed by atoms with Gasteiger partial charge < -0.3 is 10.5 Å². The fourth-order valence-electron chi connectivity index (χ4n) is 1.21. The van der Waals surface area contributed by atoms with E-state index in [4.69, 9.17) is 10.5 Å². The molecule has 0 spiro atoms. The Morgan fingerprint density at radius 1 is 1.70 bits per heavy atom. The van der Waals surface area contributed by atoms with Crippen molar-refractivity contribution in [3.8, 4) is 0 Å². The molecule has 0 aromatic carbocycles. The van der Waals surface area contributed by atoms with Crippen molar-refractivity contribution in [3.05, 3.63) is 0 Å². The van der Waals surface area contributed by atoms with Gasteiger partial charge in [0.1, 0.15) is 0 Å². The first-order valence-electron chi connectivity index (χ1n) is 3.69. The Hall–Kier alpha value is -0.120. The van der Waals surface area contributed by atoms with Gasteiger partial charge >= 0.3 is 0 Å². The lowest BCUT2D eigenvalue weighted by molar-refractivity contribution is -0.144. The second-order valence-electron chi connectivity index (χ2n) is 3.25. The monoisotopic (exact) mass is 144 g/mol. The number of hydrogen-bond donors (Lipinski definition) is 1. The minimum atomic E-state index is 0.0914. The molecule has 3 heteroatoms. The van der Waals surface area contributed by atoms with Crippen LogP contribution in [0.15, 0.2) is 0 Å². The fraction of sp³-hybridized carbons (Fsp3) is 1.00. The minimum absolute atomic E-state index is 0.0914. The van der Waals surface area contributed by atoms with Crippen molar-refractivity contribution in [3.63, 3.8) is 0 Å². The summed E-state index contributed by atoms with van der Waals surface area (Å²) in [4.78, 5) is 2.07. The summed E-state index contributed by atoms with van der Waals surface area (Å²) in [7, 11) is 2.01. The van der Waals surface area contributed by atoms with Crippen molar-refractivity contribution in [2.45, 2.75) is 18.9 Å². The van der Waals surface area contributed by atoms with Crippen LogP contribution in [0.5, 0.6) is 0 Å². The molecule has 0 radical (unpaired) electrons. The molecule has 1 aliphatic rings. The summed E-state index contributed by atoms with van der Waals surface area (Å²) < 4.78 is 5.39. The molecular formula is C7H16N2O. The van der Waals surface area contributed by atoms with Crippen LogP contribution in [0.2, 0.25) is 0 Å². The summed E-state index contributed by atoms with van der Waals surface area (Å²) in [5.41, 5.74) is 5.52. The quantitative estimate of drug-likeness (QED) is 0.567. The summed E-state index contributed by atoms with van der Waals surface area (Å²) in [6, 6.07) is 0. The van der Waals surface area contributed by atoms with E-state index in [0.29, 0.717) is 6.67 Å². The molecule has 0 bridgehead atoms. The van der Waals surface area contributed by atoms with Gasteiger partial charge in [-0.3, -0.25) is 4.90 Å². The summed E-state index contributed by atoms with van der Waals surface area (Å²) >= 11 is 0. The largest absolute Gasteiger partial charge is 0.374 e. The van der Waals surface area contributed by atoms with Crippen molar-refractivity contribution in [1.82, 2.24) is 4.90 Å². The SMILES string of the molecule is CN(CN)CC1(C)CCO1. The predicted octanol–water partition coefficient (Wildman–Crippen LogP) is 0.0134. The van der Waals surface area contributed by atoms with Crippen LogP contribution in [0, 0.1) is 0 Å². The Balaban J connectivity index is 2.22. The van der Waals surface area contributed by atoms with Gasteiger partial charge in [-0.2, -0.15) is 0 Å². The zero-order valence-corrected chi connectivity index (χ0v) is 6.76. The number of rotatable bonds is 3. The van der Waals surface area contributed by atoms with Crippen molar-refractivity contribution in [1.29, 1.82) is 0 Å². The van der Waals surface area contributed by atoms with Gasteiger partial charge in [0.05, 0.1) is 12.2 Å². The minimum Gasteiger partial charge on any atom is -0.374 e. The zero-order chi connectivity index (χ0) is 7.61. The van der Waals surface area contributed by atoms with Crippen LogP contribution in [-0.4, -0.2) is 37.4 Å². The van der Waals surface area contributed by atoms with Gasteiger partial charge in [0.25, 0.3) is 0 Å². The van der Waals surface area contributed by atoms with E-state index in [2.05, 4.69) is 11.8 Å². The van der Waals surface area contributed by atoms with Crippen LogP contribution < -0.4 is 5.73 Å². The highest BCUT2D eigenvalue weighted by Gasteiger charge is 2.33. The van der Waals surface area contributed by atoms with Crippen LogP contribution in [-0.2, 0) is 4.74 Å². The normalized spacial score (nSPS) is 32.4. The second-order valence-corrected chi connectivity index (χ2v) is 3.25. The highest BCUT2D eigenvalue weighted by Crippen LogP contribution is 2.25. The molecule has 10 heavy (non-hydrogen) atoms. The molecule has 1 heterocycles. The van der Waals surface area contributed by atoms with Crippen molar-refractivity contribution in [2.24, 2.45) is 5.73 Å². The molecule has 3 nitrogen and oxygen atoms in total. The number of hydrogen-bond acceptors (Lipinski definition) is 3. The molecule has 60 valence electrons. The highest BCUT2D eigenvalue weighted by atomic mass is 16.5. The summed E-state index contributed by atoms with van der Waals surface area (Å²) in [6.45, 7) is 4.60. The van der Waals surface area contributed by atoms with E-state index in [9.17, 15) is 0 Å². The zero-order valence-electron chi connectivity index (χ0n) is 6.76. The molecule has 0 aromatic rings. The number of likely N-dealkylation sites (N-methyl/N-ethyl adjacent to an activating group) is 1. The molecule has 1 atom stereocenters. The molecule has 0 amide bonds. The van der Waals surface area contributed by atoms with Gasteiger partial charge in [-0.15, -0.1) is 0 Å². The van der Waals surface area contributed by atoms with E-state index >= 15 is 0 Å². The Morgan fingerprint density at radius 2 is 2.30 bits per heavy atom. The van der Waals surface area contributed by atoms with Gasteiger partial charge in [-0.25, -0.2) is 0 Å². The molecule has 1 rings (SSSR count). The van der Waals surface area contributed by atoms with Gasteiger partial charge in [-0.1, -0.05) is 0 Å². The smallest absolute Gasteiger partial charge is 0.0803 e. The maximum atomic E-state index is 5.43. The first-order chi connectivity index (χ1) is 4.66. The van der Waals surface area contributed by atoms with E-state index in [1.165, 1.54) is 0 Å². The molecule has 0 aromatic heterocycles. The lowest BCUT2D eigenvalue weighted by atomic mass is 9.97. The molecule has 2 N–H and O–H groups in total. The average molecular weight is 144 g/mol. The third kappa shape index (κ3) is 1.68. The highest BCUT2D eigenvalue weighted by molar-refractivity contribution is 4.84. The molecule has 0 saturated carbocycles. The third-order valence-corrected chi connectivity index (χ3v) is 2.00. The fourth-order valence-corrected chi connectivity index (χ4v) is 1.21. The van der Waals surface area contributed by atoms with Crippen molar-refractivity contribution >= 4 is 0 Å².